The van der Waals surface area contributed by atoms with Gasteiger partial charge in [0.15, 0.2) is 5.11 Å². The van der Waals surface area contributed by atoms with Crippen LogP contribution in [-0.2, 0) is 0 Å². The van der Waals surface area contributed by atoms with Crippen LogP contribution < -0.4 is 10.1 Å². The van der Waals surface area contributed by atoms with E-state index in [0.29, 0.717) is 11.7 Å². The third-order valence-electron chi connectivity index (χ3n) is 2.36. The number of rotatable bonds is 5. The van der Waals surface area contributed by atoms with E-state index in [2.05, 4.69) is 5.32 Å². The summed E-state index contributed by atoms with van der Waals surface area (Å²) in [6, 6.07) is 7.56. The Hall–Kier alpha value is -1.33. The van der Waals surface area contributed by atoms with Crippen LogP contribution in [0, 0.1) is 0 Å². The summed E-state index contributed by atoms with van der Waals surface area (Å²) in [5.74, 6) is 0.781. The van der Waals surface area contributed by atoms with Crippen molar-refractivity contribution in [3.05, 3.63) is 24.3 Å². The Balaban J connectivity index is 2.65. The average molecular weight is 254 g/mol. The van der Waals surface area contributed by atoms with Gasteiger partial charge < -0.3 is 20.1 Å². The summed E-state index contributed by atoms with van der Waals surface area (Å²) in [4.78, 5) is 1.90. The fourth-order valence-electron chi connectivity index (χ4n) is 1.43. The van der Waals surface area contributed by atoms with Crippen molar-refractivity contribution in [2.75, 3.05) is 32.1 Å². The first-order valence-corrected chi connectivity index (χ1v) is 5.93. The van der Waals surface area contributed by atoms with Crippen molar-refractivity contribution < 1.29 is 9.84 Å². The van der Waals surface area contributed by atoms with Gasteiger partial charge in [-0.1, -0.05) is 6.07 Å². The van der Waals surface area contributed by atoms with Crippen molar-refractivity contribution in [1.82, 2.24) is 4.90 Å². The van der Waals surface area contributed by atoms with Gasteiger partial charge in [0, 0.05) is 24.8 Å². The summed E-state index contributed by atoms with van der Waals surface area (Å²) in [7, 11) is 1.63. The number of anilines is 1. The molecule has 1 aromatic carbocycles. The Morgan fingerprint density at radius 1 is 1.53 bits per heavy atom. The lowest BCUT2D eigenvalue weighted by Gasteiger charge is -2.23. The number of hydrogen-bond donors (Lipinski definition) is 2. The monoisotopic (exact) mass is 254 g/mol. The number of aliphatic hydroxyl groups excluding tert-OH is 1. The molecule has 0 saturated heterocycles. The summed E-state index contributed by atoms with van der Waals surface area (Å²) in [6.07, 6.45) is 0. The molecule has 0 saturated carbocycles. The smallest absolute Gasteiger partial charge is 0.173 e. The third kappa shape index (κ3) is 4.20. The zero-order valence-corrected chi connectivity index (χ0v) is 11.0. The molecule has 0 fully saturated rings. The van der Waals surface area contributed by atoms with Gasteiger partial charge in [0.2, 0.25) is 0 Å². The minimum atomic E-state index is 0.0910. The van der Waals surface area contributed by atoms with Gasteiger partial charge in [0.1, 0.15) is 5.75 Å². The molecule has 0 spiro atoms. The van der Waals surface area contributed by atoms with Crippen LogP contribution in [0.1, 0.15) is 6.92 Å². The van der Waals surface area contributed by atoms with Crippen LogP contribution in [0.3, 0.4) is 0 Å². The molecule has 1 rings (SSSR count). The van der Waals surface area contributed by atoms with Crippen LogP contribution in [0.15, 0.2) is 24.3 Å². The largest absolute Gasteiger partial charge is 0.497 e. The van der Waals surface area contributed by atoms with E-state index in [9.17, 15) is 0 Å². The standard InChI is InChI=1S/C12H18N2O2S/c1-3-14(7-8-15)12(17)13-10-5-4-6-11(9-10)16-2/h4-6,9,15H,3,7-8H2,1-2H3,(H,13,17). The quantitative estimate of drug-likeness (QED) is 0.783. The lowest BCUT2D eigenvalue weighted by molar-refractivity contribution is 0.254. The molecule has 94 valence electrons. The molecule has 4 nitrogen and oxygen atoms in total. The van der Waals surface area contributed by atoms with Crippen molar-refractivity contribution in [3.8, 4) is 5.75 Å². The van der Waals surface area contributed by atoms with E-state index in [1.54, 1.807) is 7.11 Å². The molecule has 0 aromatic heterocycles. The predicted molar refractivity (Wildman–Crippen MR) is 73.5 cm³/mol. The summed E-state index contributed by atoms with van der Waals surface area (Å²) < 4.78 is 5.13. The van der Waals surface area contributed by atoms with Gasteiger partial charge in [-0.2, -0.15) is 0 Å². The van der Waals surface area contributed by atoms with E-state index in [-0.39, 0.29) is 6.61 Å². The van der Waals surface area contributed by atoms with Gasteiger partial charge in [0.25, 0.3) is 0 Å². The van der Waals surface area contributed by atoms with Gasteiger partial charge in [-0.05, 0) is 31.3 Å². The van der Waals surface area contributed by atoms with Gasteiger partial charge in [-0.25, -0.2) is 0 Å². The molecule has 1 aromatic rings. The molecule has 0 aliphatic carbocycles. The van der Waals surface area contributed by atoms with Gasteiger partial charge in [-0.15, -0.1) is 0 Å². The number of nitrogens with one attached hydrogen (secondary N) is 1. The van der Waals surface area contributed by atoms with Gasteiger partial charge >= 0.3 is 0 Å². The van der Waals surface area contributed by atoms with Crippen LogP contribution in [0.25, 0.3) is 0 Å². The molecule has 2 N–H and O–H groups in total. The van der Waals surface area contributed by atoms with E-state index < -0.39 is 0 Å². The number of thiocarbonyl (C=S) groups is 1. The van der Waals surface area contributed by atoms with Crippen LogP contribution >= 0.6 is 12.2 Å². The van der Waals surface area contributed by atoms with E-state index in [1.807, 2.05) is 36.1 Å². The number of benzene rings is 1. The number of ether oxygens (including phenoxy) is 1. The molecule has 0 aliphatic heterocycles. The first kappa shape index (κ1) is 13.7. The summed E-state index contributed by atoms with van der Waals surface area (Å²) in [6.45, 7) is 3.38. The molecule has 0 aliphatic rings. The Bertz CT molecular complexity index is 371. The molecule has 5 heteroatoms. The number of methoxy groups -OCH3 is 1. The highest BCUT2D eigenvalue weighted by Crippen LogP contribution is 2.17. The highest BCUT2D eigenvalue weighted by atomic mass is 32.1. The summed E-state index contributed by atoms with van der Waals surface area (Å²) >= 11 is 5.26. The van der Waals surface area contributed by atoms with Crippen molar-refractivity contribution in [2.45, 2.75) is 6.92 Å². The Morgan fingerprint density at radius 3 is 2.88 bits per heavy atom. The lowest BCUT2D eigenvalue weighted by Crippen LogP contribution is -2.36. The summed E-state index contributed by atoms with van der Waals surface area (Å²) in [5, 5.41) is 12.6. The van der Waals surface area contributed by atoms with Crippen molar-refractivity contribution in [3.63, 3.8) is 0 Å². The summed E-state index contributed by atoms with van der Waals surface area (Å²) in [5.41, 5.74) is 0.880. The van der Waals surface area contributed by atoms with Crippen LogP contribution in [0.5, 0.6) is 5.75 Å². The molecule has 0 atom stereocenters. The Kier molecular flexibility index (Phi) is 5.72. The fourth-order valence-corrected chi connectivity index (χ4v) is 1.77. The zero-order valence-electron chi connectivity index (χ0n) is 10.1. The lowest BCUT2D eigenvalue weighted by atomic mass is 10.3. The van der Waals surface area contributed by atoms with Crippen molar-refractivity contribution in [1.29, 1.82) is 0 Å². The van der Waals surface area contributed by atoms with E-state index in [0.717, 1.165) is 18.0 Å². The van der Waals surface area contributed by atoms with Gasteiger partial charge in [-0.3, -0.25) is 0 Å². The molecule has 0 bridgehead atoms. The fraction of sp³-hybridized carbons (Fsp3) is 0.417. The topological polar surface area (TPSA) is 44.7 Å². The molecule has 0 heterocycles. The van der Waals surface area contributed by atoms with Gasteiger partial charge in [0.05, 0.1) is 13.7 Å². The maximum absolute atomic E-state index is 8.92. The molecule has 0 radical (unpaired) electrons. The second-order valence-electron chi connectivity index (χ2n) is 3.47. The van der Waals surface area contributed by atoms with E-state index >= 15 is 0 Å². The first-order valence-electron chi connectivity index (χ1n) is 5.52. The predicted octanol–water partition coefficient (Wildman–Crippen LogP) is 1.71. The second-order valence-corrected chi connectivity index (χ2v) is 3.85. The minimum Gasteiger partial charge on any atom is -0.497 e. The highest BCUT2D eigenvalue weighted by Gasteiger charge is 2.06. The first-order chi connectivity index (χ1) is 8.21. The minimum absolute atomic E-state index is 0.0910. The maximum Gasteiger partial charge on any atom is 0.173 e. The second kappa shape index (κ2) is 7.09. The Labute approximate surface area is 107 Å². The number of likely N-dealkylation sites (N-methyl/N-ethyl adjacent to an activating group) is 1. The average Bonchev–Trinajstić information content (AvgIpc) is 2.36. The van der Waals surface area contributed by atoms with Crippen molar-refractivity contribution in [2.24, 2.45) is 0 Å². The van der Waals surface area contributed by atoms with E-state index in [1.165, 1.54) is 0 Å². The zero-order chi connectivity index (χ0) is 12.7. The molecular weight excluding hydrogens is 236 g/mol. The number of aliphatic hydroxyl groups is 1. The highest BCUT2D eigenvalue weighted by molar-refractivity contribution is 7.80. The van der Waals surface area contributed by atoms with Crippen molar-refractivity contribution >= 4 is 23.0 Å². The Morgan fingerprint density at radius 2 is 2.29 bits per heavy atom. The molecule has 0 amide bonds. The molecule has 17 heavy (non-hydrogen) atoms. The maximum atomic E-state index is 8.92. The molecular formula is C12H18N2O2S. The van der Waals surface area contributed by atoms with Crippen LogP contribution in [-0.4, -0.2) is 41.9 Å². The third-order valence-corrected chi connectivity index (χ3v) is 2.72. The SMILES string of the molecule is CCN(CCO)C(=S)Nc1cccc(OC)c1. The van der Waals surface area contributed by atoms with Crippen LogP contribution in [0.2, 0.25) is 0 Å². The number of hydrogen-bond acceptors (Lipinski definition) is 3. The normalized spacial score (nSPS) is 9.82. The molecule has 0 unspecified atom stereocenters. The number of nitrogens with zero attached hydrogens (tertiary/aromatic N) is 1. The van der Waals surface area contributed by atoms with E-state index in [4.69, 9.17) is 22.1 Å². The van der Waals surface area contributed by atoms with Crippen LogP contribution in [0.4, 0.5) is 5.69 Å².